The minimum Gasteiger partial charge on any atom is -0.508 e. The summed E-state index contributed by atoms with van der Waals surface area (Å²) in [6.07, 6.45) is 6.28. The van der Waals surface area contributed by atoms with E-state index >= 15 is 0 Å². The van der Waals surface area contributed by atoms with E-state index < -0.39 is 0 Å². The van der Waals surface area contributed by atoms with Gasteiger partial charge in [-0.2, -0.15) is 0 Å². The molecular weight excluding hydrogens is 260 g/mol. The number of benzene rings is 1. The smallest absolute Gasteiger partial charge is 0.139 e. The van der Waals surface area contributed by atoms with Crippen molar-refractivity contribution in [2.45, 2.75) is 52.4 Å². The van der Waals surface area contributed by atoms with Crippen molar-refractivity contribution >= 4 is 5.78 Å². The van der Waals surface area contributed by atoms with Crippen LogP contribution in [0.25, 0.3) is 0 Å². The van der Waals surface area contributed by atoms with Gasteiger partial charge in [-0.05, 0) is 67.6 Å². The van der Waals surface area contributed by atoms with Crippen LogP contribution in [-0.4, -0.2) is 10.9 Å². The van der Waals surface area contributed by atoms with Gasteiger partial charge in [0.1, 0.15) is 11.5 Å². The molecule has 1 aromatic rings. The molecule has 1 aromatic carbocycles. The van der Waals surface area contributed by atoms with Gasteiger partial charge < -0.3 is 5.11 Å². The monoisotopic (exact) mass is 286 g/mol. The molecule has 2 aliphatic rings. The van der Waals surface area contributed by atoms with Gasteiger partial charge in [0.2, 0.25) is 0 Å². The maximum absolute atomic E-state index is 12.3. The Labute approximate surface area is 127 Å². The van der Waals surface area contributed by atoms with Gasteiger partial charge in [-0.3, -0.25) is 4.79 Å². The predicted octanol–water partition coefficient (Wildman–Crippen LogP) is 4.36. The average molecular weight is 286 g/mol. The molecule has 2 fully saturated rings. The van der Waals surface area contributed by atoms with Crippen molar-refractivity contribution in [3.63, 3.8) is 0 Å². The third-order valence-corrected chi connectivity index (χ3v) is 6.18. The lowest BCUT2D eigenvalue weighted by molar-refractivity contribution is -0.129. The minimum atomic E-state index is -0.0456. The maximum Gasteiger partial charge on any atom is 0.139 e. The molecule has 2 nitrogen and oxygen atoms in total. The zero-order valence-corrected chi connectivity index (χ0v) is 13.1. The lowest BCUT2D eigenvalue weighted by Gasteiger charge is -2.44. The zero-order valence-electron chi connectivity index (χ0n) is 13.1. The number of carbonyl (C=O) groups excluding carboxylic acids is 1. The van der Waals surface area contributed by atoms with Crippen LogP contribution in [0.2, 0.25) is 0 Å². The zero-order chi connectivity index (χ0) is 15.0. The van der Waals surface area contributed by atoms with Crippen molar-refractivity contribution in [2.75, 3.05) is 0 Å². The minimum absolute atomic E-state index is 0.0456. The number of Topliss-reactive ketones (excluding diaryl/α,β-unsaturated/α-hetero) is 1. The summed E-state index contributed by atoms with van der Waals surface area (Å²) in [5.74, 6) is 2.79. The number of ketones is 1. The van der Waals surface area contributed by atoms with E-state index in [0.717, 1.165) is 32.1 Å². The van der Waals surface area contributed by atoms with Crippen LogP contribution in [0.15, 0.2) is 24.3 Å². The summed E-state index contributed by atoms with van der Waals surface area (Å²) in [5, 5.41) is 9.58. The van der Waals surface area contributed by atoms with Crippen LogP contribution in [0.5, 0.6) is 5.75 Å². The average Bonchev–Trinajstić information content (AvgIpc) is 2.75. The first kappa shape index (κ1) is 14.6. The molecule has 0 aromatic heterocycles. The molecule has 0 aliphatic heterocycles. The Balaban J connectivity index is 1.73. The number of hydrogen-bond acceptors (Lipinski definition) is 2. The predicted molar refractivity (Wildman–Crippen MR) is 84.2 cm³/mol. The summed E-state index contributed by atoms with van der Waals surface area (Å²) in [7, 11) is 0. The number of rotatable bonds is 3. The van der Waals surface area contributed by atoms with Crippen LogP contribution in [0.1, 0.15) is 51.5 Å². The van der Waals surface area contributed by atoms with Crippen LogP contribution in [-0.2, 0) is 11.2 Å². The number of phenols is 1. The Bertz CT molecular complexity index is 536. The number of phenolic OH excluding ortho intramolecular Hbond substituents is 1. The van der Waals surface area contributed by atoms with Crippen molar-refractivity contribution in [2.24, 2.45) is 23.2 Å². The fraction of sp³-hybridized carbons (Fsp3) is 0.632. The molecule has 4 unspecified atom stereocenters. The molecule has 2 saturated carbocycles. The molecular formula is C19H26O2. The third-order valence-electron chi connectivity index (χ3n) is 6.18. The van der Waals surface area contributed by atoms with Gasteiger partial charge in [0.15, 0.2) is 0 Å². The van der Waals surface area contributed by atoms with Gasteiger partial charge in [0.05, 0.1) is 0 Å². The summed E-state index contributed by atoms with van der Waals surface area (Å²) in [5.41, 5.74) is 1.16. The highest BCUT2D eigenvalue weighted by molar-refractivity contribution is 5.87. The molecule has 0 heterocycles. The highest BCUT2D eigenvalue weighted by atomic mass is 16.3. The normalized spacial score (nSPS) is 35.7. The lowest BCUT2D eigenvalue weighted by Crippen LogP contribution is -2.41. The Morgan fingerprint density at radius 3 is 2.90 bits per heavy atom. The van der Waals surface area contributed by atoms with E-state index in [1.54, 1.807) is 6.07 Å². The Hall–Kier alpha value is -1.31. The Kier molecular flexibility index (Phi) is 3.81. The first-order valence-electron chi connectivity index (χ1n) is 8.32. The summed E-state index contributed by atoms with van der Waals surface area (Å²) < 4.78 is 0. The molecule has 0 bridgehead atoms. The molecule has 0 radical (unpaired) electrons. The lowest BCUT2D eigenvalue weighted by atomic mass is 9.59. The van der Waals surface area contributed by atoms with Crippen LogP contribution in [0.3, 0.4) is 0 Å². The van der Waals surface area contributed by atoms with Gasteiger partial charge >= 0.3 is 0 Å². The number of hydrogen-bond donors (Lipinski definition) is 1. The summed E-state index contributed by atoms with van der Waals surface area (Å²) in [6.45, 7) is 4.57. The van der Waals surface area contributed by atoms with Crippen molar-refractivity contribution in [1.82, 2.24) is 0 Å². The molecule has 0 saturated heterocycles. The fourth-order valence-corrected chi connectivity index (χ4v) is 4.78. The molecule has 0 amide bonds. The van der Waals surface area contributed by atoms with Crippen LogP contribution < -0.4 is 0 Å². The number of carbonyl (C=O) groups is 1. The van der Waals surface area contributed by atoms with Crippen molar-refractivity contribution < 1.29 is 9.90 Å². The van der Waals surface area contributed by atoms with Crippen LogP contribution >= 0.6 is 0 Å². The SMILES string of the molecule is CC1CCC2(C)C(=O)CCC2C1CCc1cccc(O)c1. The number of aromatic hydroxyl groups is 1. The second-order valence-corrected chi connectivity index (χ2v) is 7.37. The molecule has 4 atom stereocenters. The summed E-state index contributed by atoms with van der Waals surface area (Å²) in [4.78, 5) is 12.3. The van der Waals surface area contributed by atoms with Crippen LogP contribution in [0, 0.1) is 23.2 Å². The summed E-state index contributed by atoms with van der Waals surface area (Å²) in [6, 6.07) is 7.59. The summed E-state index contributed by atoms with van der Waals surface area (Å²) >= 11 is 0. The highest BCUT2D eigenvalue weighted by Crippen LogP contribution is 2.55. The second kappa shape index (κ2) is 5.47. The Morgan fingerprint density at radius 2 is 2.14 bits per heavy atom. The Morgan fingerprint density at radius 1 is 1.33 bits per heavy atom. The molecule has 2 aliphatic carbocycles. The van der Waals surface area contributed by atoms with Gasteiger partial charge in [-0.15, -0.1) is 0 Å². The van der Waals surface area contributed by atoms with Gasteiger partial charge in [-0.1, -0.05) is 26.0 Å². The quantitative estimate of drug-likeness (QED) is 0.896. The maximum atomic E-state index is 12.3. The first-order valence-corrected chi connectivity index (χ1v) is 8.32. The van der Waals surface area contributed by atoms with Gasteiger partial charge in [0, 0.05) is 11.8 Å². The third kappa shape index (κ3) is 2.61. The van der Waals surface area contributed by atoms with Crippen LogP contribution in [0.4, 0.5) is 0 Å². The van der Waals surface area contributed by atoms with Gasteiger partial charge in [-0.25, -0.2) is 0 Å². The molecule has 3 rings (SSSR count). The van der Waals surface area contributed by atoms with E-state index in [1.165, 1.54) is 12.0 Å². The van der Waals surface area contributed by atoms with E-state index in [4.69, 9.17) is 0 Å². The van der Waals surface area contributed by atoms with E-state index in [0.29, 0.717) is 29.3 Å². The van der Waals surface area contributed by atoms with E-state index in [2.05, 4.69) is 19.9 Å². The number of fused-ring (bicyclic) bond motifs is 1. The standard InChI is InChI=1S/C19H26O2/c1-13-10-11-19(2)17(8-9-18(19)21)16(13)7-6-14-4-3-5-15(20)12-14/h3-5,12-13,16-17,20H,6-11H2,1-2H3. The largest absolute Gasteiger partial charge is 0.508 e. The van der Waals surface area contributed by atoms with E-state index in [1.807, 2.05) is 12.1 Å². The molecule has 21 heavy (non-hydrogen) atoms. The highest BCUT2D eigenvalue weighted by Gasteiger charge is 2.52. The second-order valence-electron chi connectivity index (χ2n) is 7.37. The molecule has 1 N–H and O–H groups in total. The molecule has 114 valence electrons. The van der Waals surface area contributed by atoms with Crippen molar-refractivity contribution in [1.29, 1.82) is 0 Å². The number of aryl methyl sites for hydroxylation is 1. The van der Waals surface area contributed by atoms with E-state index in [9.17, 15) is 9.90 Å². The van der Waals surface area contributed by atoms with E-state index in [-0.39, 0.29) is 5.41 Å². The molecule has 0 spiro atoms. The first-order chi connectivity index (χ1) is 10.0. The molecule has 2 heteroatoms. The van der Waals surface area contributed by atoms with Gasteiger partial charge in [0.25, 0.3) is 0 Å². The van der Waals surface area contributed by atoms with Crippen molar-refractivity contribution in [3.05, 3.63) is 29.8 Å². The topological polar surface area (TPSA) is 37.3 Å². The van der Waals surface area contributed by atoms with Crippen molar-refractivity contribution in [3.8, 4) is 5.75 Å². The fourth-order valence-electron chi connectivity index (χ4n) is 4.78.